The largest absolute Gasteiger partial charge is 0.465 e. The SMILES string of the molecule is CCOC(=O)CN(C(=O)OC(C)(C)C)[C@]1(CC)CCN(Cc2ccccc2)C1. The average molecular weight is 391 g/mol. The van der Waals surface area contributed by atoms with Crippen molar-refractivity contribution in [1.29, 1.82) is 0 Å². The van der Waals surface area contributed by atoms with Gasteiger partial charge in [0.2, 0.25) is 0 Å². The number of likely N-dealkylation sites (tertiary alicyclic amines) is 1. The van der Waals surface area contributed by atoms with E-state index in [1.165, 1.54) is 5.56 Å². The highest BCUT2D eigenvalue weighted by molar-refractivity contribution is 5.79. The van der Waals surface area contributed by atoms with Gasteiger partial charge in [0.15, 0.2) is 0 Å². The summed E-state index contributed by atoms with van der Waals surface area (Å²) >= 11 is 0. The van der Waals surface area contributed by atoms with E-state index in [1.54, 1.807) is 11.8 Å². The van der Waals surface area contributed by atoms with E-state index < -0.39 is 23.2 Å². The number of benzene rings is 1. The van der Waals surface area contributed by atoms with Crippen LogP contribution in [0, 0.1) is 0 Å². The van der Waals surface area contributed by atoms with Crippen LogP contribution in [0.15, 0.2) is 30.3 Å². The molecule has 0 spiro atoms. The number of hydrogen-bond acceptors (Lipinski definition) is 5. The second kappa shape index (κ2) is 9.41. The van der Waals surface area contributed by atoms with Gasteiger partial charge in [-0.3, -0.25) is 14.6 Å². The molecule has 2 rings (SSSR count). The minimum atomic E-state index is -0.624. The van der Waals surface area contributed by atoms with E-state index in [4.69, 9.17) is 9.47 Å². The molecule has 1 atom stereocenters. The number of carbonyl (C=O) groups excluding carboxylic acids is 2. The van der Waals surface area contributed by atoms with Crippen LogP contribution in [0.25, 0.3) is 0 Å². The molecule has 1 saturated heterocycles. The Bertz CT molecular complexity index is 656. The molecule has 0 unspecified atom stereocenters. The van der Waals surface area contributed by atoms with Gasteiger partial charge in [0.05, 0.1) is 12.1 Å². The minimum absolute atomic E-state index is 0.0875. The Kier molecular flexibility index (Phi) is 7.47. The molecule has 0 bridgehead atoms. The first-order valence-corrected chi connectivity index (χ1v) is 10.1. The standard InChI is InChI=1S/C22H34N2O4/c1-6-22(13-14-23(17-22)15-18-11-9-8-10-12-18)24(16-19(25)27-7-2)20(26)28-21(3,4)5/h8-12H,6-7,13-17H2,1-5H3/t22-/m1/s1. The van der Waals surface area contributed by atoms with Crippen LogP contribution in [-0.2, 0) is 20.8 Å². The number of hydrogen-bond donors (Lipinski definition) is 0. The van der Waals surface area contributed by atoms with E-state index in [-0.39, 0.29) is 6.54 Å². The first kappa shape index (κ1) is 22.2. The van der Waals surface area contributed by atoms with Crippen LogP contribution in [0.3, 0.4) is 0 Å². The van der Waals surface area contributed by atoms with E-state index >= 15 is 0 Å². The summed E-state index contributed by atoms with van der Waals surface area (Å²) in [5.41, 5.74) is 0.175. The predicted octanol–water partition coefficient (Wildman–Crippen LogP) is 3.84. The van der Waals surface area contributed by atoms with Crippen LogP contribution in [0.4, 0.5) is 4.79 Å². The Morgan fingerprint density at radius 1 is 1.18 bits per heavy atom. The lowest BCUT2D eigenvalue weighted by atomic mass is 9.93. The zero-order valence-corrected chi connectivity index (χ0v) is 17.9. The van der Waals surface area contributed by atoms with Crippen LogP contribution in [-0.4, -0.2) is 59.2 Å². The summed E-state index contributed by atoms with van der Waals surface area (Å²) < 4.78 is 10.8. The molecule has 0 radical (unpaired) electrons. The number of carbonyl (C=O) groups is 2. The third-order valence-electron chi connectivity index (χ3n) is 5.10. The van der Waals surface area contributed by atoms with Crippen LogP contribution in [0.1, 0.15) is 53.0 Å². The molecule has 156 valence electrons. The normalized spacial score (nSPS) is 20.0. The molecule has 1 amide bonds. The molecular formula is C22H34N2O4. The topological polar surface area (TPSA) is 59.1 Å². The van der Waals surface area contributed by atoms with E-state index in [0.717, 1.165) is 25.9 Å². The Morgan fingerprint density at radius 2 is 1.86 bits per heavy atom. The molecular weight excluding hydrogens is 356 g/mol. The van der Waals surface area contributed by atoms with Gasteiger partial charge in [-0.2, -0.15) is 0 Å². The average Bonchev–Trinajstić information content (AvgIpc) is 3.03. The maximum absolute atomic E-state index is 13.0. The second-order valence-electron chi connectivity index (χ2n) is 8.40. The van der Waals surface area contributed by atoms with Gasteiger partial charge >= 0.3 is 12.1 Å². The van der Waals surface area contributed by atoms with Gasteiger partial charge in [0, 0.05) is 19.6 Å². The van der Waals surface area contributed by atoms with E-state index in [9.17, 15) is 9.59 Å². The monoisotopic (exact) mass is 390 g/mol. The summed E-state index contributed by atoms with van der Waals surface area (Å²) in [5, 5.41) is 0. The summed E-state index contributed by atoms with van der Waals surface area (Å²) in [4.78, 5) is 29.2. The summed E-state index contributed by atoms with van der Waals surface area (Å²) in [5.74, 6) is -0.400. The Hall–Kier alpha value is -2.08. The molecule has 1 aromatic rings. The fourth-order valence-corrected chi connectivity index (χ4v) is 3.70. The van der Waals surface area contributed by atoms with Crippen LogP contribution in [0.2, 0.25) is 0 Å². The lowest BCUT2D eigenvalue weighted by Crippen LogP contribution is -2.56. The third kappa shape index (κ3) is 5.96. The Balaban J connectivity index is 2.20. The zero-order chi connectivity index (χ0) is 20.8. The number of nitrogens with zero attached hydrogens (tertiary/aromatic N) is 2. The fraction of sp³-hybridized carbons (Fsp3) is 0.636. The summed E-state index contributed by atoms with van der Waals surface area (Å²) in [6, 6.07) is 10.3. The van der Waals surface area contributed by atoms with Crippen molar-refractivity contribution in [2.45, 2.75) is 65.1 Å². The minimum Gasteiger partial charge on any atom is -0.465 e. The van der Waals surface area contributed by atoms with Gasteiger partial charge in [-0.05, 0) is 46.1 Å². The zero-order valence-electron chi connectivity index (χ0n) is 17.9. The van der Waals surface area contributed by atoms with Crippen LogP contribution in [0.5, 0.6) is 0 Å². The second-order valence-corrected chi connectivity index (χ2v) is 8.40. The molecule has 0 aromatic heterocycles. The highest BCUT2D eigenvalue weighted by atomic mass is 16.6. The molecule has 1 fully saturated rings. The van der Waals surface area contributed by atoms with Crippen molar-refractivity contribution in [3.63, 3.8) is 0 Å². The maximum atomic E-state index is 13.0. The molecule has 1 heterocycles. The quantitative estimate of drug-likeness (QED) is 0.662. The van der Waals surface area contributed by atoms with Crippen LogP contribution < -0.4 is 0 Å². The number of amides is 1. The molecule has 1 aliphatic rings. The first-order valence-electron chi connectivity index (χ1n) is 10.1. The number of esters is 1. The molecule has 0 N–H and O–H groups in total. The van der Waals surface area contributed by atoms with Crippen molar-refractivity contribution in [3.05, 3.63) is 35.9 Å². The van der Waals surface area contributed by atoms with Crippen molar-refractivity contribution >= 4 is 12.1 Å². The lowest BCUT2D eigenvalue weighted by molar-refractivity contribution is -0.146. The fourth-order valence-electron chi connectivity index (χ4n) is 3.70. The molecule has 6 heteroatoms. The Morgan fingerprint density at radius 3 is 2.43 bits per heavy atom. The van der Waals surface area contributed by atoms with E-state index in [2.05, 4.69) is 24.0 Å². The van der Waals surface area contributed by atoms with Gasteiger partial charge < -0.3 is 9.47 Å². The van der Waals surface area contributed by atoms with Gasteiger partial charge in [0.1, 0.15) is 12.1 Å². The highest BCUT2D eigenvalue weighted by Gasteiger charge is 2.46. The van der Waals surface area contributed by atoms with Gasteiger partial charge in [-0.15, -0.1) is 0 Å². The highest BCUT2D eigenvalue weighted by Crippen LogP contribution is 2.33. The van der Waals surface area contributed by atoms with Gasteiger partial charge in [-0.25, -0.2) is 4.79 Å². The summed E-state index contributed by atoms with van der Waals surface area (Å²) in [6.07, 6.45) is 1.09. The molecule has 1 aliphatic heterocycles. The van der Waals surface area contributed by atoms with Crippen molar-refractivity contribution in [2.75, 3.05) is 26.2 Å². The summed E-state index contributed by atoms with van der Waals surface area (Å²) in [7, 11) is 0. The Labute approximate surface area is 168 Å². The predicted molar refractivity (Wildman–Crippen MR) is 109 cm³/mol. The van der Waals surface area contributed by atoms with Gasteiger partial charge in [-0.1, -0.05) is 37.3 Å². The van der Waals surface area contributed by atoms with Crippen molar-refractivity contribution in [2.24, 2.45) is 0 Å². The number of rotatable bonds is 7. The van der Waals surface area contributed by atoms with Crippen LogP contribution >= 0.6 is 0 Å². The van der Waals surface area contributed by atoms with Gasteiger partial charge in [0.25, 0.3) is 0 Å². The molecule has 0 aliphatic carbocycles. The van der Waals surface area contributed by atoms with Crippen molar-refractivity contribution in [1.82, 2.24) is 9.80 Å². The number of ether oxygens (including phenoxy) is 2. The lowest BCUT2D eigenvalue weighted by Gasteiger charge is -2.40. The molecule has 28 heavy (non-hydrogen) atoms. The van der Waals surface area contributed by atoms with E-state index in [1.807, 2.05) is 39.0 Å². The van der Waals surface area contributed by atoms with Crippen molar-refractivity contribution in [3.8, 4) is 0 Å². The molecule has 0 saturated carbocycles. The first-order chi connectivity index (χ1) is 13.2. The molecule has 1 aromatic carbocycles. The smallest absolute Gasteiger partial charge is 0.411 e. The third-order valence-corrected chi connectivity index (χ3v) is 5.10. The summed E-state index contributed by atoms with van der Waals surface area (Å²) in [6.45, 7) is 11.9. The maximum Gasteiger partial charge on any atom is 0.411 e. The van der Waals surface area contributed by atoms with Crippen molar-refractivity contribution < 1.29 is 19.1 Å². The van der Waals surface area contributed by atoms with E-state index in [0.29, 0.717) is 13.2 Å². The molecule has 6 nitrogen and oxygen atoms in total.